The van der Waals surface area contributed by atoms with Crippen LogP contribution in [0.3, 0.4) is 0 Å². The van der Waals surface area contributed by atoms with E-state index in [-0.39, 0.29) is 11.5 Å². The summed E-state index contributed by atoms with van der Waals surface area (Å²) >= 11 is -1.72. The van der Waals surface area contributed by atoms with E-state index >= 15 is 0 Å². The molecule has 3 rings (SSSR count). The van der Waals surface area contributed by atoms with Crippen LogP contribution in [0.5, 0.6) is 11.5 Å². The van der Waals surface area contributed by atoms with Crippen molar-refractivity contribution in [3.63, 3.8) is 0 Å². The van der Waals surface area contributed by atoms with Gasteiger partial charge in [-0.15, -0.1) is 0 Å². The van der Waals surface area contributed by atoms with Gasteiger partial charge in [-0.1, -0.05) is 0 Å². The molecule has 0 aliphatic rings. The van der Waals surface area contributed by atoms with Gasteiger partial charge < -0.3 is 0 Å². The molecule has 0 aliphatic carbocycles. The van der Waals surface area contributed by atoms with Crippen molar-refractivity contribution < 1.29 is 34.8 Å². The van der Waals surface area contributed by atoms with Gasteiger partial charge in [-0.25, -0.2) is 0 Å². The quantitative estimate of drug-likeness (QED) is 0.227. The van der Waals surface area contributed by atoms with Crippen LogP contribution in [0.2, 0.25) is 0 Å². The first kappa shape index (κ1) is 20.9. The van der Waals surface area contributed by atoms with Gasteiger partial charge in [0.25, 0.3) is 0 Å². The molecule has 154 valence electrons. The van der Waals surface area contributed by atoms with Crippen LogP contribution in [0.15, 0.2) is 48.5 Å². The third-order valence-corrected chi connectivity index (χ3v) is 4.84. The van der Waals surface area contributed by atoms with E-state index < -0.39 is 21.9 Å². The summed E-state index contributed by atoms with van der Waals surface area (Å²) in [7, 11) is 3.16. The summed E-state index contributed by atoms with van der Waals surface area (Å²) in [5.74, 6) is 1.92. The molecule has 3 aromatic rings. The van der Waals surface area contributed by atoms with E-state index in [4.69, 9.17) is 9.47 Å². The fourth-order valence-electron chi connectivity index (χ4n) is 2.63. The SMILES string of the molecule is COc1cccc(Nc2nc(C)c(N([O-])[I-]O)c(Nc3cccc(OC)c3)n2)c1. The number of rotatable bonds is 8. The number of aromatic nitrogens is 2. The van der Waals surface area contributed by atoms with E-state index in [0.29, 0.717) is 32.1 Å². The molecule has 1 aromatic heterocycles. The molecule has 0 saturated heterocycles. The standard InChI is InChI=1S/C19H20IN5O4/c1-12-17(25(27)20-26)18(22-13-6-4-8-15(10-13)28-2)24-19(21-12)23-14-7-5-9-16(11-14)29-3/h4-11,26H,1-3H3,(H2,21,22,23,24)/q-2. The number of methoxy groups -OCH3 is 2. The molecule has 10 heteroatoms. The second-order valence-corrected chi connectivity index (χ2v) is 7.17. The third-order valence-electron chi connectivity index (χ3n) is 3.96. The van der Waals surface area contributed by atoms with Crippen molar-refractivity contribution in [1.82, 2.24) is 9.97 Å². The number of hydrogen-bond donors (Lipinski definition) is 3. The summed E-state index contributed by atoms with van der Waals surface area (Å²) in [6, 6.07) is 14.6. The van der Waals surface area contributed by atoms with Crippen molar-refractivity contribution in [2.75, 3.05) is 28.1 Å². The Labute approximate surface area is 179 Å². The van der Waals surface area contributed by atoms with Crippen LogP contribution in [-0.4, -0.2) is 27.6 Å². The number of benzene rings is 2. The number of anilines is 5. The predicted molar refractivity (Wildman–Crippen MR) is 107 cm³/mol. The fourth-order valence-corrected chi connectivity index (χ4v) is 3.42. The molecule has 0 fully saturated rings. The predicted octanol–water partition coefficient (Wildman–Crippen LogP) is 0.505. The molecule has 0 bridgehead atoms. The second kappa shape index (κ2) is 9.58. The van der Waals surface area contributed by atoms with E-state index in [9.17, 15) is 8.64 Å². The van der Waals surface area contributed by atoms with Crippen molar-refractivity contribution in [3.05, 3.63) is 59.4 Å². The van der Waals surface area contributed by atoms with Gasteiger partial charge in [-0.2, -0.15) is 0 Å². The molecule has 0 saturated carbocycles. The topological polar surface area (TPSA) is 115 Å². The van der Waals surface area contributed by atoms with Gasteiger partial charge in [0.2, 0.25) is 0 Å². The van der Waals surface area contributed by atoms with Gasteiger partial charge in [0.1, 0.15) is 0 Å². The minimum absolute atomic E-state index is 0.194. The Morgan fingerprint density at radius 2 is 1.55 bits per heavy atom. The van der Waals surface area contributed by atoms with E-state index in [1.165, 1.54) is 0 Å². The first-order chi connectivity index (χ1) is 14.0. The maximum atomic E-state index is 12.3. The van der Waals surface area contributed by atoms with Gasteiger partial charge >= 0.3 is 180 Å². The summed E-state index contributed by atoms with van der Waals surface area (Å²) in [4.78, 5) is 8.82. The normalized spacial score (nSPS) is 10.5. The first-order valence-corrected chi connectivity index (χ1v) is 10.4. The summed E-state index contributed by atoms with van der Waals surface area (Å²) in [6.45, 7) is 1.69. The van der Waals surface area contributed by atoms with Gasteiger partial charge in [0.15, 0.2) is 0 Å². The molecule has 3 N–H and O–H groups in total. The zero-order valence-corrected chi connectivity index (χ0v) is 18.2. The van der Waals surface area contributed by atoms with Gasteiger partial charge in [0, 0.05) is 0 Å². The van der Waals surface area contributed by atoms with E-state index in [2.05, 4.69) is 20.6 Å². The summed E-state index contributed by atoms with van der Waals surface area (Å²) in [5, 5.41) is 18.5. The average molecular weight is 509 g/mol. The fraction of sp³-hybridized carbons (Fsp3) is 0.158. The molecule has 0 spiro atoms. The molecule has 0 atom stereocenters. The summed E-state index contributed by atoms with van der Waals surface area (Å²) in [5.41, 5.74) is 2.04. The Bertz CT molecular complexity index is 989. The monoisotopic (exact) mass is 509 g/mol. The Morgan fingerprint density at radius 1 is 0.966 bits per heavy atom. The third kappa shape index (κ3) is 5.16. The van der Waals surface area contributed by atoms with Crippen LogP contribution in [-0.2, 0) is 0 Å². The number of ether oxygens (including phenoxy) is 2. The van der Waals surface area contributed by atoms with Gasteiger partial charge in [0.05, 0.1) is 0 Å². The number of nitrogens with one attached hydrogen (secondary N) is 2. The molecule has 1 heterocycles. The van der Waals surface area contributed by atoms with Crippen LogP contribution < -0.4 is 45.3 Å². The van der Waals surface area contributed by atoms with E-state index in [0.717, 1.165) is 5.69 Å². The first-order valence-electron chi connectivity index (χ1n) is 8.51. The molecule has 0 aliphatic heterocycles. The van der Waals surface area contributed by atoms with Crippen molar-refractivity contribution in [2.24, 2.45) is 0 Å². The van der Waals surface area contributed by atoms with Crippen LogP contribution in [0, 0.1) is 12.1 Å². The van der Waals surface area contributed by atoms with E-state index in [1.54, 1.807) is 33.3 Å². The zero-order valence-electron chi connectivity index (χ0n) is 16.0. The summed E-state index contributed by atoms with van der Waals surface area (Å²) in [6.07, 6.45) is 0. The molecule has 9 nitrogen and oxygen atoms in total. The van der Waals surface area contributed by atoms with Crippen LogP contribution >= 0.6 is 0 Å². The summed E-state index contributed by atoms with van der Waals surface area (Å²) < 4.78 is 20.4. The minimum atomic E-state index is -1.72. The molecule has 2 aromatic carbocycles. The zero-order chi connectivity index (χ0) is 20.8. The molecular formula is C19H20IN5O4-2. The molecule has 29 heavy (non-hydrogen) atoms. The van der Waals surface area contributed by atoms with Crippen molar-refractivity contribution >= 4 is 28.8 Å². The van der Waals surface area contributed by atoms with Crippen LogP contribution in [0.1, 0.15) is 5.69 Å². The van der Waals surface area contributed by atoms with E-state index in [1.807, 2.05) is 36.4 Å². The number of aryl methyl sites for hydroxylation is 1. The molecular weight excluding hydrogens is 489 g/mol. The average Bonchev–Trinajstić information content (AvgIpc) is 2.73. The molecule has 0 unspecified atom stereocenters. The van der Waals surface area contributed by atoms with Gasteiger partial charge in [-0.3, -0.25) is 0 Å². The van der Waals surface area contributed by atoms with Crippen molar-refractivity contribution in [1.29, 1.82) is 0 Å². The van der Waals surface area contributed by atoms with Crippen LogP contribution in [0.25, 0.3) is 0 Å². The number of hydrogen-bond acceptors (Lipinski definition) is 9. The Kier molecular flexibility index (Phi) is 6.90. The Morgan fingerprint density at radius 3 is 2.10 bits per heavy atom. The van der Waals surface area contributed by atoms with Crippen molar-refractivity contribution in [3.8, 4) is 11.5 Å². The number of nitrogens with zero attached hydrogens (tertiary/aromatic N) is 3. The van der Waals surface area contributed by atoms with Crippen LogP contribution in [0.4, 0.5) is 28.8 Å². The maximum absolute atomic E-state index is 12.3. The second-order valence-electron chi connectivity index (χ2n) is 5.86. The molecule has 0 amide bonds. The Balaban J connectivity index is 1.99. The number of halogens is 1. The Hall–Kier alpha value is -2.83. The van der Waals surface area contributed by atoms with Gasteiger partial charge in [-0.05, 0) is 0 Å². The molecule has 0 radical (unpaired) electrons. The van der Waals surface area contributed by atoms with Crippen molar-refractivity contribution in [2.45, 2.75) is 6.92 Å².